The number of nitrogens with one attached hydrogen (secondary N) is 1. The number of aliphatic carboxylic acids is 1. The van der Waals surface area contributed by atoms with E-state index in [4.69, 9.17) is 0 Å². The van der Waals surface area contributed by atoms with Crippen LogP contribution in [0.15, 0.2) is 24.3 Å². The molecule has 1 aromatic rings. The van der Waals surface area contributed by atoms with Crippen LogP contribution in [0.25, 0.3) is 0 Å². The second-order valence-corrected chi connectivity index (χ2v) is 4.75. The molecule has 0 aliphatic heterocycles. The van der Waals surface area contributed by atoms with Gasteiger partial charge in [0.05, 0.1) is 0 Å². The molecule has 0 amide bonds. The van der Waals surface area contributed by atoms with Gasteiger partial charge in [0.15, 0.2) is 0 Å². The number of carboxylic acid groups (broad SMARTS) is 1. The molecule has 0 spiro atoms. The van der Waals surface area contributed by atoms with E-state index in [0.717, 1.165) is 24.1 Å². The summed E-state index contributed by atoms with van der Waals surface area (Å²) in [5.74, 6) is -0.770. The van der Waals surface area contributed by atoms with Gasteiger partial charge in [-0.3, -0.25) is 0 Å². The number of aryl methyl sites for hydroxylation is 1. The first-order chi connectivity index (χ1) is 8.63. The topological polar surface area (TPSA) is 49.3 Å². The summed E-state index contributed by atoms with van der Waals surface area (Å²) in [4.78, 5) is 11.2. The van der Waals surface area contributed by atoms with Crippen molar-refractivity contribution in [1.29, 1.82) is 0 Å². The first-order valence-corrected chi connectivity index (χ1v) is 6.69. The molecule has 1 unspecified atom stereocenters. The summed E-state index contributed by atoms with van der Waals surface area (Å²) in [5.41, 5.74) is 2.02. The summed E-state index contributed by atoms with van der Waals surface area (Å²) in [6, 6.07) is 7.34. The van der Waals surface area contributed by atoms with Gasteiger partial charge in [-0.1, -0.05) is 44.7 Å². The number of unbranched alkanes of at least 4 members (excludes halogenated alkanes) is 3. The Hall–Kier alpha value is -1.51. The highest BCUT2D eigenvalue weighted by Gasteiger charge is 2.16. The standard InChI is InChI=1S/C15H23NO2/c1-3-4-5-6-10-14(15(17)18)16-13-9-7-8-12(2)11-13/h7-9,11,14,16H,3-6,10H2,1-2H3,(H,17,18). The predicted molar refractivity (Wildman–Crippen MR) is 75.0 cm³/mol. The summed E-state index contributed by atoms with van der Waals surface area (Å²) in [5, 5.41) is 12.3. The molecular formula is C15H23NO2. The van der Waals surface area contributed by atoms with Crippen LogP contribution >= 0.6 is 0 Å². The van der Waals surface area contributed by atoms with Crippen LogP contribution in [0.2, 0.25) is 0 Å². The maximum absolute atomic E-state index is 11.2. The summed E-state index contributed by atoms with van der Waals surface area (Å²) in [6.45, 7) is 4.15. The van der Waals surface area contributed by atoms with Crippen molar-refractivity contribution >= 4 is 11.7 Å². The van der Waals surface area contributed by atoms with Crippen molar-refractivity contribution < 1.29 is 9.90 Å². The average molecular weight is 249 g/mol. The van der Waals surface area contributed by atoms with Gasteiger partial charge in [0.1, 0.15) is 6.04 Å². The quantitative estimate of drug-likeness (QED) is 0.688. The zero-order valence-corrected chi connectivity index (χ0v) is 11.3. The Morgan fingerprint density at radius 1 is 1.33 bits per heavy atom. The normalized spacial score (nSPS) is 12.1. The van der Waals surface area contributed by atoms with Crippen LogP contribution in [0, 0.1) is 6.92 Å². The minimum atomic E-state index is -0.770. The molecule has 0 bridgehead atoms. The molecule has 0 radical (unpaired) electrons. The average Bonchev–Trinajstić information content (AvgIpc) is 2.33. The van der Waals surface area contributed by atoms with E-state index in [1.807, 2.05) is 31.2 Å². The van der Waals surface area contributed by atoms with Gasteiger partial charge in [-0.25, -0.2) is 4.79 Å². The van der Waals surface area contributed by atoms with Crippen molar-refractivity contribution in [3.05, 3.63) is 29.8 Å². The lowest BCUT2D eigenvalue weighted by Crippen LogP contribution is -2.29. The lowest BCUT2D eigenvalue weighted by atomic mass is 10.1. The molecule has 1 aromatic carbocycles. The third kappa shape index (κ3) is 5.21. The highest BCUT2D eigenvalue weighted by Crippen LogP contribution is 2.14. The number of carbonyl (C=O) groups is 1. The van der Waals surface area contributed by atoms with Gasteiger partial charge in [0.25, 0.3) is 0 Å². The molecule has 1 atom stereocenters. The largest absolute Gasteiger partial charge is 0.480 e. The number of anilines is 1. The van der Waals surface area contributed by atoms with Crippen LogP contribution in [0.1, 0.15) is 44.6 Å². The molecule has 0 heterocycles. The number of hydrogen-bond acceptors (Lipinski definition) is 2. The Morgan fingerprint density at radius 2 is 2.11 bits per heavy atom. The van der Waals surface area contributed by atoms with Gasteiger partial charge in [0.2, 0.25) is 0 Å². The molecule has 2 N–H and O–H groups in total. The van der Waals surface area contributed by atoms with Gasteiger partial charge >= 0.3 is 5.97 Å². The number of hydrogen-bond donors (Lipinski definition) is 2. The monoisotopic (exact) mass is 249 g/mol. The van der Waals surface area contributed by atoms with Crippen molar-refractivity contribution in [2.45, 2.75) is 52.0 Å². The Morgan fingerprint density at radius 3 is 2.72 bits per heavy atom. The van der Waals surface area contributed by atoms with E-state index >= 15 is 0 Å². The predicted octanol–water partition coefficient (Wildman–Crippen LogP) is 3.83. The molecule has 0 aliphatic carbocycles. The minimum absolute atomic E-state index is 0.483. The molecule has 0 aromatic heterocycles. The molecule has 3 nitrogen and oxygen atoms in total. The third-order valence-corrected chi connectivity index (χ3v) is 3.00. The highest BCUT2D eigenvalue weighted by atomic mass is 16.4. The van der Waals surface area contributed by atoms with Crippen LogP contribution in [0.3, 0.4) is 0 Å². The molecule has 0 saturated carbocycles. The van der Waals surface area contributed by atoms with E-state index in [9.17, 15) is 9.90 Å². The van der Waals surface area contributed by atoms with E-state index in [0.29, 0.717) is 6.42 Å². The van der Waals surface area contributed by atoms with Crippen molar-refractivity contribution in [3.63, 3.8) is 0 Å². The van der Waals surface area contributed by atoms with Gasteiger partial charge < -0.3 is 10.4 Å². The molecule has 0 fully saturated rings. The second kappa shape index (κ2) is 7.75. The number of benzene rings is 1. The van der Waals surface area contributed by atoms with Gasteiger partial charge in [-0.05, 0) is 31.0 Å². The molecule has 0 saturated heterocycles. The fourth-order valence-corrected chi connectivity index (χ4v) is 1.97. The lowest BCUT2D eigenvalue weighted by molar-refractivity contribution is -0.138. The van der Waals surface area contributed by atoms with Crippen molar-refractivity contribution in [2.24, 2.45) is 0 Å². The number of rotatable bonds is 8. The Balaban J connectivity index is 2.50. The fraction of sp³-hybridized carbons (Fsp3) is 0.533. The third-order valence-electron chi connectivity index (χ3n) is 3.00. The molecule has 18 heavy (non-hydrogen) atoms. The van der Waals surface area contributed by atoms with Gasteiger partial charge in [-0.2, -0.15) is 0 Å². The Labute approximate surface area is 109 Å². The van der Waals surface area contributed by atoms with Crippen LogP contribution in [0.4, 0.5) is 5.69 Å². The Kier molecular flexibility index (Phi) is 6.26. The first-order valence-electron chi connectivity index (χ1n) is 6.69. The highest BCUT2D eigenvalue weighted by molar-refractivity contribution is 5.77. The SMILES string of the molecule is CCCCCCC(Nc1cccc(C)c1)C(=O)O. The van der Waals surface area contributed by atoms with Gasteiger partial charge in [-0.15, -0.1) is 0 Å². The van der Waals surface area contributed by atoms with E-state index < -0.39 is 12.0 Å². The van der Waals surface area contributed by atoms with Crippen LogP contribution < -0.4 is 5.32 Å². The molecule has 0 aliphatic rings. The van der Waals surface area contributed by atoms with E-state index in [-0.39, 0.29) is 0 Å². The minimum Gasteiger partial charge on any atom is -0.480 e. The smallest absolute Gasteiger partial charge is 0.326 e. The van der Waals surface area contributed by atoms with E-state index in [2.05, 4.69) is 12.2 Å². The number of carboxylic acids is 1. The molecule has 100 valence electrons. The molecule has 1 rings (SSSR count). The zero-order valence-electron chi connectivity index (χ0n) is 11.3. The van der Waals surface area contributed by atoms with Crippen molar-refractivity contribution in [1.82, 2.24) is 0 Å². The van der Waals surface area contributed by atoms with Crippen LogP contribution in [-0.4, -0.2) is 17.1 Å². The zero-order chi connectivity index (χ0) is 13.4. The maximum atomic E-state index is 11.2. The first kappa shape index (κ1) is 14.6. The summed E-state index contributed by atoms with van der Waals surface area (Å²) in [6.07, 6.45) is 5.10. The van der Waals surface area contributed by atoms with Crippen LogP contribution in [0.5, 0.6) is 0 Å². The van der Waals surface area contributed by atoms with Crippen LogP contribution in [-0.2, 0) is 4.79 Å². The molecule has 3 heteroatoms. The maximum Gasteiger partial charge on any atom is 0.326 e. The van der Waals surface area contributed by atoms with Crippen molar-refractivity contribution in [2.75, 3.05) is 5.32 Å². The second-order valence-electron chi connectivity index (χ2n) is 4.75. The summed E-state index contributed by atoms with van der Waals surface area (Å²) < 4.78 is 0. The van der Waals surface area contributed by atoms with Crippen molar-refractivity contribution in [3.8, 4) is 0 Å². The lowest BCUT2D eigenvalue weighted by Gasteiger charge is -2.16. The van der Waals surface area contributed by atoms with E-state index in [1.165, 1.54) is 12.8 Å². The van der Waals surface area contributed by atoms with Gasteiger partial charge in [0, 0.05) is 5.69 Å². The Bertz CT molecular complexity index is 377. The summed E-state index contributed by atoms with van der Waals surface area (Å²) >= 11 is 0. The van der Waals surface area contributed by atoms with E-state index in [1.54, 1.807) is 0 Å². The summed E-state index contributed by atoms with van der Waals surface area (Å²) in [7, 11) is 0. The fourth-order valence-electron chi connectivity index (χ4n) is 1.97. The molecular weight excluding hydrogens is 226 g/mol.